The molecule has 136 valence electrons. The van der Waals surface area contributed by atoms with Gasteiger partial charge in [0.15, 0.2) is 11.5 Å². The van der Waals surface area contributed by atoms with Gasteiger partial charge in [0.2, 0.25) is 6.79 Å². The van der Waals surface area contributed by atoms with Crippen molar-refractivity contribution in [1.82, 2.24) is 14.8 Å². The van der Waals surface area contributed by atoms with E-state index in [1.165, 1.54) is 36.5 Å². The summed E-state index contributed by atoms with van der Waals surface area (Å²) in [5, 5.41) is 3.33. The second-order valence-electron chi connectivity index (χ2n) is 7.93. The van der Waals surface area contributed by atoms with Crippen LogP contribution in [-0.2, 0) is 6.54 Å². The second kappa shape index (κ2) is 5.94. The van der Waals surface area contributed by atoms with E-state index < -0.39 is 0 Å². The maximum atomic E-state index is 5.65. The van der Waals surface area contributed by atoms with Crippen LogP contribution in [0.4, 0.5) is 0 Å². The minimum atomic E-state index is 0.347. The van der Waals surface area contributed by atoms with E-state index in [0.717, 1.165) is 30.5 Å². The SMILES string of the molecule is c1csc(CN2C[C@H](c3ccc4c(c3)OCO4)[C@@H]3[C@H]2C2CCN3CC2)n1. The molecule has 0 aliphatic carbocycles. The lowest BCUT2D eigenvalue weighted by Crippen LogP contribution is -2.59. The summed E-state index contributed by atoms with van der Waals surface area (Å²) in [5.74, 6) is 3.17. The molecular formula is C20H23N3O2S. The fraction of sp³-hybridized carbons (Fsp3) is 0.550. The lowest BCUT2D eigenvalue weighted by molar-refractivity contribution is -0.00870. The Morgan fingerprint density at radius 1 is 1.12 bits per heavy atom. The van der Waals surface area contributed by atoms with E-state index in [0.29, 0.717) is 24.8 Å². The molecule has 4 fully saturated rings. The molecule has 6 heterocycles. The summed E-state index contributed by atoms with van der Waals surface area (Å²) in [7, 11) is 0. The quantitative estimate of drug-likeness (QED) is 0.832. The fourth-order valence-corrected chi connectivity index (χ4v) is 6.30. The fourth-order valence-electron chi connectivity index (χ4n) is 5.66. The molecule has 26 heavy (non-hydrogen) atoms. The molecular weight excluding hydrogens is 346 g/mol. The van der Waals surface area contributed by atoms with E-state index >= 15 is 0 Å². The number of rotatable bonds is 3. The Kier molecular flexibility index (Phi) is 3.53. The van der Waals surface area contributed by atoms with Crippen molar-refractivity contribution < 1.29 is 9.47 Å². The van der Waals surface area contributed by atoms with Crippen molar-refractivity contribution >= 4 is 11.3 Å². The molecule has 2 bridgehead atoms. The average molecular weight is 369 g/mol. The number of ether oxygens (including phenoxy) is 2. The molecule has 0 N–H and O–H groups in total. The van der Waals surface area contributed by atoms with E-state index in [4.69, 9.17) is 9.47 Å². The summed E-state index contributed by atoms with van der Waals surface area (Å²) in [6.45, 7) is 4.97. The van der Waals surface area contributed by atoms with E-state index in [9.17, 15) is 0 Å². The van der Waals surface area contributed by atoms with Crippen molar-refractivity contribution in [3.8, 4) is 11.5 Å². The predicted molar refractivity (Wildman–Crippen MR) is 99.7 cm³/mol. The van der Waals surface area contributed by atoms with Crippen LogP contribution in [0.25, 0.3) is 0 Å². The number of thiazole rings is 1. The van der Waals surface area contributed by atoms with Gasteiger partial charge in [-0.15, -0.1) is 11.3 Å². The van der Waals surface area contributed by atoms with Crippen LogP contribution in [0.2, 0.25) is 0 Å². The highest BCUT2D eigenvalue weighted by molar-refractivity contribution is 7.09. The monoisotopic (exact) mass is 369 g/mol. The first kappa shape index (κ1) is 15.4. The van der Waals surface area contributed by atoms with E-state index in [1.54, 1.807) is 11.3 Å². The zero-order chi connectivity index (χ0) is 17.1. The third-order valence-corrected chi connectivity index (χ3v) is 7.50. The highest BCUT2D eigenvalue weighted by atomic mass is 32.1. The number of fused-ring (bicyclic) bond motifs is 3. The van der Waals surface area contributed by atoms with Gasteiger partial charge in [-0.2, -0.15) is 0 Å². The smallest absolute Gasteiger partial charge is 0.231 e. The molecule has 7 rings (SSSR count). The van der Waals surface area contributed by atoms with Crippen LogP contribution in [-0.4, -0.2) is 53.3 Å². The lowest BCUT2D eigenvalue weighted by atomic mass is 9.75. The van der Waals surface area contributed by atoms with E-state index in [-0.39, 0.29) is 0 Å². The van der Waals surface area contributed by atoms with Gasteiger partial charge in [0.1, 0.15) is 5.01 Å². The Morgan fingerprint density at radius 3 is 2.85 bits per heavy atom. The molecule has 0 amide bonds. The van der Waals surface area contributed by atoms with Crippen LogP contribution in [0, 0.1) is 5.92 Å². The number of aromatic nitrogens is 1. The van der Waals surface area contributed by atoms with Crippen molar-refractivity contribution in [2.45, 2.75) is 37.4 Å². The molecule has 1 aromatic heterocycles. The summed E-state index contributed by atoms with van der Waals surface area (Å²) in [6.07, 6.45) is 4.63. The Bertz CT molecular complexity index is 803. The first-order valence-electron chi connectivity index (χ1n) is 9.63. The number of hydrogen-bond acceptors (Lipinski definition) is 6. The van der Waals surface area contributed by atoms with Gasteiger partial charge < -0.3 is 9.47 Å². The van der Waals surface area contributed by atoms with Gasteiger partial charge in [0.25, 0.3) is 0 Å². The molecule has 6 heteroatoms. The number of nitrogens with zero attached hydrogens (tertiary/aromatic N) is 3. The van der Waals surface area contributed by atoms with Gasteiger partial charge in [-0.05, 0) is 49.5 Å². The zero-order valence-corrected chi connectivity index (χ0v) is 15.5. The molecule has 0 spiro atoms. The minimum absolute atomic E-state index is 0.347. The Labute approximate surface area is 157 Å². The van der Waals surface area contributed by atoms with Gasteiger partial charge in [0, 0.05) is 36.1 Å². The average Bonchev–Trinajstić information content (AvgIpc) is 3.43. The summed E-state index contributed by atoms with van der Waals surface area (Å²) >= 11 is 1.78. The van der Waals surface area contributed by atoms with Crippen LogP contribution in [0.3, 0.4) is 0 Å². The van der Waals surface area contributed by atoms with Crippen molar-refractivity contribution in [2.75, 3.05) is 26.4 Å². The topological polar surface area (TPSA) is 37.8 Å². The zero-order valence-electron chi connectivity index (χ0n) is 14.7. The molecule has 5 aliphatic rings. The molecule has 0 radical (unpaired) electrons. The van der Waals surface area contributed by atoms with Crippen LogP contribution in [0.15, 0.2) is 29.8 Å². The molecule has 5 nitrogen and oxygen atoms in total. The highest BCUT2D eigenvalue weighted by Gasteiger charge is 2.53. The summed E-state index contributed by atoms with van der Waals surface area (Å²) in [5.41, 5.74) is 1.40. The standard InChI is InChI=1S/C20H23N3O2S/c1-2-16-17(25-12-24-16)9-14(1)15-10-23(11-18-21-5-8-26-18)19-13-3-6-22(7-4-13)20(15)19/h1-2,5,8-9,13,15,19-20H,3-4,6-7,10-12H2/t15-,19-,20-/m1/s1. The molecule has 0 unspecified atom stereocenters. The van der Waals surface area contributed by atoms with Crippen LogP contribution >= 0.6 is 11.3 Å². The van der Waals surface area contributed by atoms with E-state index in [2.05, 4.69) is 38.4 Å². The molecule has 0 saturated carbocycles. The number of benzene rings is 1. The third kappa shape index (κ3) is 2.32. The molecule has 3 atom stereocenters. The Balaban J connectivity index is 1.36. The van der Waals surface area contributed by atoms with Gasteiger partial charge >= 0.3 is 0 Å². The predicted octanol–water partition coefficient (Wildman–Crippen LogP) is 2.93. The number of piperidine rings is 3. The maximum absolute atomic E-state index is 5.65. The minimum Gasteiger partial charge on any atom is -0.454 e. The summed E-state index contributed by atoms with van der Waals surface area (Å²) < 4.78 is 11.2. The van der Waals surface area contributed by atoms with E-state index in [1.807, 2.05) is 6.20 Å². The van der Waals surface area contributed by atoms with Crippen molar-refractivity contribution in [2.24, 2.45) is 5.92 Å². The highest BCUT2D eigenvalue weighted by Crippen LogP contribution is 2.48. The van der Waals surface area contributed by atoms with Crippen LogP contribution in [0.1, 0.15) is 29.3 Å². The normalized spacial score (nSPS) is 35.0. The first-order valence-corrected chi connectivity index (χ1v) is 10.5. The molecule has 5 aliphatic heterocycles. The third-order valence-electron chi connectivity index (χ3n) is 6.74. The molecule has 1 aromatic carbocycles. The Hall–Kier alpha value is -1.63. The molecule has 2 aromatic rings. The van der Waals surface area contributed by atoms with Crippen molar-refractivity contribution in [1.29, 1.82) is 0 Å². The largest absolute Gasteiger partial charge is 0.454 e. The summed E-state index contributed by atoms with van der Waals surface area (Å²) in [4.78, 5) is 10.0. The van der Waals surface area contributed by atoms with Crippen molar-refractivity contribution in [3.63, 3.8) is 0 Å². The number of hydrogen-bond donors (Lipinski definition) is 0. The van der Waals surface area contributed by atoms with Gasteiger partial charge in [-0.3, -0.25) is 9.80 Å². The first-order chi connectivity index (χ1) is 12.9. The van der Waals surface area contributed by atoms with Crippen LogP contribution < -0.4 is 9.47 Å². The lowest BCUT2D eigenvalue weighted by Gasteiger charge is -2.51. The second-order valence-corrected chi connectivity index (χ2v) is 8.91. The van der Waals surface area contributed by atoms with Gasteiger partial charge in [-0.25, -0.2) is 4.98 Å². The summed E-state index contributed by atoms with van der Waals surface area (Å²) in [6, 6.07) is 7.86. The van der Waals surface area contributed by atoms with Crippen LogP contribution in [0.5, 0.6) is 11.5 Å². The number of likely N-dealkylation sites (tertiary alicyclic amines) is 1. The van der Waals surface area contributed by atoms with Gasteiger partial charge in [0.05, 0.1) is 6.54 Å². The maximum Gasteiger partial charge on any atom is 0.231 e. The van der Waals surface area contributed by atoms with Crippen molar-refractivity contribution in [3.05, 3.63) is 40.3 Å². The Morgan fingerprint density at radius 2 is 2.00 bits per heavy atom. The van der Waals surface area contributed by atoms with Gasteiger partial charge in [-0.1, -0.05) is 6.07 Å². The molecule has 4 saturated heterocycles.